The van der Waals surface area contributed by atoms with Crippen molar-refractivity contribution in [3.8, 4) is 0 Å². The van der Waals surface area contributed by atoms with Crippen molar-refractivity contribution in [3.63, 3.8) is 0 Å². The molecule has 1 rings (SSSR count). The van der Waals surface area contributed by atoms with Crippen LogP contribution >= 0.6 is 20.9 Å². The number of carbonyl (C=O) groups excluding carboxylic acids is 2. The van der Waals surface area contributed by atoms with Crippen LogP contribution in [-0.4, -0.2) is 41.8 Å². The van der Waals surface area contributed by atoms with Crippen LogP contribution in [-0.2, 0) is 40.3 Å². The summed E-state index contributed by atoms with van der Waals surface area (Å²) in [6.45, 7) is 4.54. The minimum atomic E-state index is -2.63. The zero-order valence-corrected chi connectivity index (χ0v) is 23.1. The Kier molecular flexibility index (Phi) is 14.4. The molecule has 0 saturated carbocycles. The standard InChI is InChI=1S/C19H27O8PS.U/c1-19(2,3)18(23)25-10-14-5-4-13(8-15(14)12-29)17(22)11-26-28(24)27-16(9-21)6-7-20;/h4-8,16-17,21-22,29H,9-12H2,1-3H3;. The number of esters is 1. The van der Waals surface area contributed by atoms with Crippen molar-refractivity contribution in [2.45, 2.75) is 45.3 Å². The van der Waals surface area contributed by atoms with E-state index >= 15 is 0 Å². The van der Waals surface area contributed by atoms with E-state index < -0.39 is 32.5 Å². The van der Waals surface area contributed by atoms with Crippen LogP contribution in [0.1, 0.15) is 43.6 Å². The van der Waals surface area contributed by atoms with Gasteiger partial charge in [0, 0.05) is 54.1 Å². The van der Waals surface area contributed by atoms with Gasteiger partial charge in [0.05, 0.1) is 5.41 Å². The van der Waals surface area contributed by atoms with E-state index in [4.69, 9.17) is 18.9 Å². The maximum absolute atomic E-state index is 11.9. The SMILES string of the molecule is CC(C)(C)C(=O)OCc1ccc(C(O)CO[P+](=O)OC([CH-]C=O)CO)cc1CS.[U]. The van der Waals surface area contributed by atoms with Crippen molar-refractivity contribution in [1.29, 1.82) is 0 Å². The van der Waals surface area contributed by atoms with Gasteiger partial charge in [0.15, 0.2) is 0 Å². The third kappa shape index (κ3) is 10.3. The molecule has 0 aliphatic rings. The molecule has 30 heavy (non-hydrogen) atoms. The number of rotatable bonds is 12. The van der Waals surface area contributed by atoms with Crippen LogP contribution in [0.3, 0.4) is 0 Å². The van der Waals surface area contributed by atoms with Crippen molar-refractivity contribution >= 4 is 33.1 Å². The van der Waals surface area contributed by atoms with E-state index in [9.17, 15) is 19.3 Å². The number of aliphatic hydroxyl groups is 2. The molecular weight excluding hydrogens is 657 g/mol. The molecule has 0 saturated heterocycles. The zero-order valence-electron chi connectivity index (χ0n) is 17.1. The van der Waals surface area contributed by atoms with Gasteiger partial charge in [-0.1, -0.05) is 18.2 Å². The quantitative estimate of drug-likeness (QED) is 0.101. The molecule has 1 aromatic rings. The molecule has 0 aromatic heterocycles. The fourth-order valence-corrected chi connectivity index (χ4v) is 3.06. The van der Waals surface area contributed by atoms with Crippen LogP contribution in [0.5, 0.6) is 0 Å². The fraction of sp³-hybridized carbons (Fsp3) is 0.526. The average molecular weight is 684 g/mol. The molecule has 0 amide bonds. The van der Waals surface area contributed by atoms with E-state index in [2.05, 4.69) is 12.6 Å². The average Bonchev–Trinajstić information content (AvgIpc) is 2.68. The van der Waals surface area contributed by atoms with Gasteiger partial charge in [-0.3, -0.25) is 11.2 Å². The molecule has 0 aliphatic carbocycles. The van der Waals surface area contributed by atoms with Crippen LogP contribution in [0.25, 0.3) is 0 Å². The number of hydrogen-bond acceptors (Lipinski definition) is 9. The number of hydrogen-bond donors (Lipinski definition) is 3. The molecule has 8 nitrogen and oxygen atoms in total. The number of aliphatic hydroxyl groups excluding tert-OH is 2. The number of aldehydes is 1. The molecule has 3 unspecified atom stereocenters. The third-order valence-corrected chi connectivity index (χ3v) is 4.93. The topological polar surface area (TPSA) is 119 Å². The van der Waals surface area contributed by atoms with E-state index in [1.165, 1.54) is 0 Å². The summed E-state index contributed by atoms with van der Waals surface area (Å²) >= 11 is 4.27. The first-order valence-corrected chi connectivity index (χ1v) is 10.6. The van der Waals surface area contributed by atoms with Crippen LogP contribution in [0.2, 0.25) is 0 Å². The minimum Gasteiger partial charge on any atom is -0.460 e. The second kappa shape index (κ2) is 14.6. The van der Waals surface area contributed by atoms with E-state index in [1.54, 1.807) is 39.0 Å². The van der Waals surface area contributed by atoms with Gasteiger partial charge < -0.3 is 19.7 Å². The van der Waals surface area contributed by atoms with Crippen molar-refractivity contribution in [2.24, 2.45) is 5.41 Å². The Hall–Kier alpha value is -0.428. The third-order valence-electron chi connectivity index (χ3n) is 3.79. The molecule has 3 atom stereocenters. The van der Waals surface area contributed by atoms with Crippen LogP contribution in [0.4, 0.5) is 0 Å². The summed E-state index contributed by atoms with van der Waals surface area (Å²) in [4.78, 5) is 22.3. The first kappa shape index (κ1) is 29.6. The minimum absolute atomic E-state index is 0. The molecular formula is C19H27O8PSU. The monoisotopic (exact) mass is 684 g/mol. The predicted molar refractivity (Wildman–Crippen MR) is 109 cm³/mol. The molecule has 0 heterocycles. The van der Waals surface area contributed by atoms with Gasteiger partial charge in [0.1, 0.15) is 19.3 Å². The summed E-state index contributed by atoms with van der Waals surface area (Å²) in [5.41, 5.74) is 1.43. The maximum Gasteiger partial charge on any atom is 0.695 e. The Bertz CT molecular complexity index is 710. The Labute approximate surface area is 206 Å². The van der Waals surface area contributed by atoms with E-state index in [-0.39, 0.29) is 50.3 Å². The number of benzene rings is 1. The first-order chi connectivity index (χ1) is 13.6. The van der Waals surface area contributed by atoms with Crippen molar-refractivity contribution in [2.75, 3.05) is 13.2 Å². The molecule has 0 bridgehead atoms. The van der Waals surface area contributed by atoms with Gasteiger partial charge in [0.2, 0.25) is 0 Å². The van der Waals surface area contributed by atoms with Crippen LogP contribution < -0.4 is 0 Å². The Morgan fingerprint density at radius 1 is 1.33 bits per heavy atom. The molecule has 1 aromatic carbocycles. The van der Waals surface area contributed by atoms with Crippen LogP contribution in [0, 0.1) is 42.9 Å². The summed E-state index contributed by atoms with van der Waals surface area (Å²) in [7, 11) is -2.63. The van der Waals surface area contributed by atoms with E-state index in [1.807, 2.05) is 0 Å². The first-order valence-electron chi connectivity index (χ1n) is 8.86. The molecule has 166 valence electrons. The summed E-state index contributed by atoms with van der Waals surface area (Å²) in [5, 5.41) is 19.2. The largest absolute Gasteiger partial charge is 0.695 e. The van der Waals surface area contributed by atoms with E-state index in [0.717, 1.165) is 17.5 Å². The van der Waals surface area contributed by atoms with Crippen molar-refractivity contribution < 1.29 is 69.3 Å². The number of thiol groups is 1. The number of carbonyl (C=O) groups is 2. The Morgan fingerprint density at radius 3 is 2.53 bits per heavy atom. The fourth-order valence-electron chi connectivity index (χ4n) is 2.09. The van der Waals surface area contributed by atoms with Gasteiger partial charge in [-0.2, -0.15) is 12.6 Å². The summed E-state index contributed by atoms with van der Waals surface area (Å²) < 4.78 is 26.8. The van der Waals surface area contributed by atoms with Gasteiger partial charge in [-0.25, -0.2) is 0 Å². The molecule has 0 radical (unpaired) electrons. The normalized spacial score (nSPS) is 13.6. The molecule has 0 spiro atoms. The van der Waals surface area contributed by atoms with Gasteiger partial charge in [0.25, 0.3) is 0 Å². The molecule has 0 fully saturated rings. The van der Waals surface area contributed by atoms with Crippen LogP contribution in [0.15, 0.2) is 18.2 Å². The molecule has 11 heteroatoms. The molecule has 2 N–H and O–H groups in total. The van der Waals surface area contributed by atoms with E-state index in [0.29, 0.717) is 17.6 Å². The summed E-state index contributed by atoms with van der Waals surface area (Å²) in [5.74, 6) is 0.0397. The Morgan fingerprint density at radius 2 is 2.00 bits per heavy atom. The van der Waals surface area contributed by atoms with Crippen molar-refractivity contribution in [1.82, 2.24) is 0 Å². The van der Waals surface area contributed by atoms with Gasteiger partial charge >= 0.3 is 14.2 Å². The second-order valence-electron chi connectivity index (χ2n) is 7.20. The zero-order chi connectivity index (χ0) is 22.0. The predicted octanol–water partition coefficient (Wildman–Crippen LogP) is 2.69. The Balaban J connectivity index is 0.00000841. The molecule has 0 aliphatic heterocycles. The second-order valence-corrected chi connectivity index (χ2v) is 8.43. The summed E-state index contributed by atoms with van der Waals surface area (Å²) in [6, 6.07) is 5.06. The van der Waals surface area contributed by atoms with Crippen molar-refractivity contribution in [3.05, 3.63) is 41.3 Å². The summed E-state index contributed by atoms with van der Waals surface area (Å²) in [6.07, 6.45) is -0.723. The maximum atomic E-state index is 11.9. The van der Waals surface area contributed by atoms with Gasteiger partial charge in [-0.05, 0) is 43.7 Å². The number of ether oxygens (including phenoxy) is 1. The smallest absolute Gasteiger partial charge is 0.460 e. The van der Waals surface area contributed by atoms with Gasteiger partial charge in [-0.15, -0.1) is 9.05 Å².